The van der Waals surface area contributed by atoms with Crippen molar-refractivity contribution in [1.29, 1.82) is 0 Å². The van der Waals surface area contributed by atoms with E-state index >= 15 is 0 Å². The van der Waals surface area contributed by atoms with Crippen LogP contribution in [0, 0.1) is 17.6 Å². The van der Waals surface area contributed by atoms with Crippen LogP contribution < -0.4 is 10.2 Å². The topological polar surface area (TPSA) is 15.3 Å². The highest BCUT2D eigenvalue weighted by molar-refractivity contribution is 5.50. The summed E-state index contributed by atoms with van der Waals surface area (Å²) in [5.41, 5.74) is 0.721. The number of nitrogens with one attached hydrogen (secondary N) is 1. The molecule has 1 aromatic carbocycles. The number of nitrogens with zero attached hydrogens (tertiary/aromatic N) is 1. The van der Waals surface area contributed by atoms with Gasteiger partial charge in [0.15, 0.2) is 0 Å². The van der Waals surface area contributed by atoms with Crippen LogP contribution in [0.4, 0.5) is 14.5 Å². The zero-order chi connectivity index (χ0) is 15.1. The highest BCUT2D eigenvalue weighted by Gasteiger charge is 2.16. The molecule has 1 N–H and O–H groups in total. The molecule has 0 heterocycles. The van der Waals surface area contributed by atoms with Crippen molar-refractivity contribution >= 4 is 5.69 Å². The van der Waals surface area contributed by atoms with Crippen molar-refractivity contribution in [3.8, 4) is 0 Å². The average Bonchev–Trinajstić information content (AvgIpc) is 2.38. The van der Waals surface area contributed by atoms with Gasteiger partial charge in [-0.2, -0.15) is 0 Å². The second-order valence-corrected chi connectivity index (χ2v) is 5.48. The maximum absolute atomic E-state index is 14.1. The quantitative estimate of drug-likeness (QED) is 0.727. The fourth-order valence-corrected chi connectivity index (χ4v) is 2.18. The maximum Gasteiger partial charge on any atom is 0.149 e. The SMILES string of the molecule is CCCNCc1cc(F)c(N(C)CC(C)CC)c(F)c1. The minimum absolute atomic E-state index is 0.0736. The molecule has 20 heavy (non-hydrogen) atoms. The van der Waals surface area contributed by atoms with E-state index in [-0.39, 0.29) is 5.69 Å². The Bertz CT molecular complexity index is 398. The van der Waals surface area contributed by atoms with E-state index in [0.29, 0.717) is 24.6 Å². The molecule has 2 nitrogen and oxygen atoms in total. The van der Waals surface area contributed by atoms with E-state index < -0.39 is 11.6 Å². The predicted octanol–water partition coefficient (Wildman–Crippen LogP) is 3.95. The largest absolute Gasteiger partial charge is 0.370 e. The van der Waals surface area contributed by atoms with Gasteiger partial charge in [0.2, 0.25) is 0 Å². The molecule has 4 heteroatoms. The van der Waals surface area contributed by atoms with Crippen molar-refractivity contribution < 1.29 is 8.78 Å². The Morgan fingerprint density at radius 2 is 1.80 bits per heavy atom. The Kier molecular flexibility index (Phi) is 6.93. The van der Waals surface area contributed by atoms with E-state index in [1.54, 1.807) is 11.9 Å². The molecule has 0 amide bonds. The Morgan fingerprint density at radius 3 is 2.30 bits per heavy atom. The first kappa shape index (κ1) is 16.9. The lowest BCUT2D eigenvalue weighted by Gasteiger charge is -2.24. The summed E-state index contributed by atoms with van der Waals surface area (Å²) in [7, 11) is 1.74. The first-order valence-corrected chi connectivity index (χ1v) is 7.39. The Balaban J connectivity index is 2.82. The van der Waals surface area contributed by atoms with Gasteiger partial charge >= 0.3 is 0 Å². The molecule has 0 fully saturated rings. The van der Waals surface area contributed by atoms with E-state index in [1.165, 1.54) is 12.1 Å². The number of benzene rings is 1. The first-order valence-electron chi connectivity index (χ1n) is 7.39. The molecule has 0 bridgehead atoms. The smallest absolute Gasteiger partial charge is 0.149 e. The summed E-state index contributed by atoms with van der Waals surface area (Å²) in [6.07, 6.45) is 1.99. The maximum atomic E-state index is 14.1. The fourth-order valence-electron chi connectivity index (χ4n) is 2.18. The summed E-state index contributed by atoms with van der Waals surface area (Å²) < 4.78 is 28.2. The number of anilines is 1. The van der Waals surface area contributed by atoms with Crippen molar-refractivity contribution in [3.63, 3.8) is 0 Å². The van der Waals surface area contributed by atoms with Gasteiger partial charge in [0.25, 0.3) is 0 Å². The zero-order valence-corrected chi connectivity index (χ0v) is 13.0. The lowest BCUT2D eigenvalue weighted by molar-refractivity contribution is 0.531. The molecule has 0 saturated heterocycles. The lowest BCUT2D eigenvalue weighted by Crippen LogP contribution is -2.26. The van der Waals surface area contributed by atoms with Crippen LogP contribution in [0.1, 0.15) is 39.2 Å². The third-order valence-corrected chi connectivity index (χ3v) is 3.50. The van der Waals surface area contributed by atoms with Gasteiger partial charge < -0.3 is 10.2 Å². The Hall–Kier alpha value is -1.16. The number of hydrogen-bond donors (Lipinski definition) is 1. The molecule has 114 valence electrons. The van der Waals surface area contributed by atoms with Crippen LogP contribution in [0.25, 0.3) is 0 Å². The molecular weight excluding hydrogens is 258 g/mol. The Labute approximate surface area is 121 Å². The van der Waals surface area contributed by atoms with Crippen LogP contribution in [0.15, 0.2) is 12.1 Å². The molecule has 0 aromatic heterocycles. The van der Waals surface area contributed by atoms with Crippen LogP contribution in [-0.2, 0) is 6.54 Å². The highest BCUT2D eigenvalue weighted by atomic mass is 19.1. The van der Waals surface area contributed by atoms with Gasteiger partial charge in [0, 0.05) is 20.1 Å². The van der Waals surface area contributed by atoms with Gasteiger partial charge in [0.1, 0.15) is 17.3 Å². The normalized spacial score (nSPS) is 12.5. The zero-order valence-electron chi connectivity index (χ0n) is 13.0. The number of rotatable bonds is 8. The van der Waals surface area contributed by atoms with Crippen LogP contribution in [0.2, 0.25) is 0 Å². The van der Waals surface area contributed by atoms with Gasteiger partial charge in [-0.1, -0.05) is 27.2 Å². The molecule has 0 spiro atoms. The van der Waals surface area contributed by atoms with Crippen molar-refractivity contribution in [3.05, 3.63) is 29.3 Å². The molecule has 0 radical (unpaired) electrons. The van der Waals surface area contributed by atoms with E-state index in [0.717, 1.165) is 19.4 Å². The second kappa shape index (κ2) is 8.20. The van der Waals surface area contributed by atoms with Gasteiger partial charge in [-0.3, -0.25) is 0 Å². The van der Waals surface area contributed by atoms with Gasteiger partial charge in [-0.15, -0.1) is 0 Å². The molecule has 1 unspecified atom stereocenters. The second-order valence-electron chi connectivity index (χ2n) is 5.48. The highest BCUT2D eigenvalue weighted by Crippen LogP contribution is 2.25. The van der Waals surface area contributed by atoms with Crippen LogP contribution in [0.3, 0.4) is 0 Å². The van der Waals surface area contributed by atoms with Crippen molar-refractivity contribution in [2.45, 2.75) is 40.2 Å². The van der Waals surface area contributed by atoms with Crippen molar-refractivity contribution in [1.82, 2.24) is 5.32 Å². The molecule has 0 saturated carbocycles. The number of halogens is 2. The van der Waals surface area contributed by atoms with Gasteiger partial charge in [-0.05, 0) is 36.6 Å². The monoisotopic (exact) mass is 284 g/mol. The van der Waals surface area contributed by atoms with Crippen LogP contribution in [-0.4, -0.2) is 20.1 Å². The minimum Gasteiger partial charge on any atom is -0.370 e. The molecular formula is C16H26F2N2. The van der Waals surface area contributed by atoms with Crippen molar-refractivity contribution in [2.24, 2.45) is 5.92 Å². The molecule has 1 aromatic rings. The third kappa shape index (κ3) is 4.75. The van der Waals surface area contributed by atoms with E-state index in [1.807, 2.05) is 0 Å². The minimum atomic E-state index is -0.482. The van der Waals surface area contributed by atoms with Crippen molar-refractivity contribution in [2.75, 3.05) is 25.0 Å². The molecule has 0 aliphatic rings. The Morgan fingerprint density at radius 1 is 1.20 bits per heavy atom. The van der Waals surface area contributed by atoms with Crippen LogP contribution in [0.5, 0.6) is 0 Å². The van der Waals surface area contributed by atoms with E-state index in [2.05, 4.69) is 26.1 Å². The molecule has 0 aliphatic heterocycles. The summed E-state index contributed by atoms with van der Waals surface area (Å²) in [4.78, 5) is 1.67. The van der Waals surface area contributed by atoms with Gasteiger partial charge in [0.05, 0.1) is 0 Å². The summed E-state index contributed by atoms with van der Waals surface area (Å²) >= 11 is 0. The molecule has 0 aliphatic carbocycles. The van der Waals surface area contributed by atoms with E-state index in [9.17, 15) is 8.78 Å². The summed E-state index contributed by atoms with van der Waals surface area (Å²) in [6, 6.07) is 2.85. The number of hydrogen-bond acceptors (Lipinski definition) is 2. The van der Waals surface area contributed by atoms with Crippen LogP contribution >= 0.6 is 0 Å². The summed E-state index contributed by atoms with van der Waals surface area (Å²) in [5, 5.41) is 3.15. The first-order chi connectivity index (χ1) is 9.49. The fraction of sp³-hybridized carbons (Fsp3) is 0.625. The standard InChI is InChI=1S/C16H26F2N2/c1-5-7-19-10-13-8-14(17)16(15(18)9-13)20(4)11-12(3)6-2/h8-9,12,19H,5-7,10-11H2,1-4H3. The predicted molar refractivity (Wildman–Crippen MR) is 81.1 cm³/mol. The average molecular weight is 284 g/mol. The molecule has 1 atom stereocenters. The lowest BCUT2D eigenvalue weighted by atomic mass is 10.1. The van der Waals surface area contributed by atoms with Gasteiger partial charge in [-0.25, -0.2) is 8.78 Å². The third-order valence-electron chi connectivity index (χ3n) is 3.50. The summed E-state index contributed by atoms with van der Waals surface area (Å²) in [5.74, 6) is -0.557. The van der Waals surface area contributed by atoms with E-state index in [4.69, 9.17) is 0 Å². The summed E-state index contributed by atoms with van der Waals surface area (Å²) in [6.45, 7) is 8.21. The molecule has 1 rings (SSSR count).